The van der Waals surface area contributed by atoms with Gasteiger partial charge in [-0.15, -0.1) is 0 Å². The molecule has 9 heteroatoms. The maximum Gasteiger partial charge on any atom is 0.283 e. The minimum Gasteiger partial charge on any atom is -0.493 e. The summed E-state index contributed by atoms with van der Waals surface area (Å²) in [7, 11) is 1.54. The van der Waals surface area contributed by atoms with Crippen LogP contribution in [0.25, 0.3) is 6.08 Å². The number of hydrazone groups is 1. The van der Waals surface area contributed by atoms with E-state index in [0.717, 1.165) is 5.56 Å². The van der Waals surface area contributed by atoms with Gasteiger partial charge in [0.1, 0.15) is 11.7 Å². The summed E-state index contributed by atoms with van der Waals surface area (Å²) in [6.07, 6.45) is 6.58. The number of amidine groups is 2. The van der Waals surface area contributed by atoms with E-state index in [0.29, 0.717) is 33.9 Å². The Kier molecular flexibility index (Phi) is 5.44. The molecule has 2 aromatic rings. The number of thioether (sulfide) groups is 1. The van der Waals surface area contributed by atoms with Crippen LogP contribution in [0, 0.1) is 5.41 Å². The molecular formula is C21H17N5O3S. The molecule has 0 atom stereocenters. The van der Waals surface area contributed by atoms with Crippen LogP contribution in [0.4, 0.5) is 0 Å². The number of aromatic nitrogens is 1. The Morgan fingerprint density at radius 2 is 2.17 bits per heavy atom. The van der Waals surface area contributed by atoms with E-state index < -0.39 is 5.91 Å². The Labute approximate surface area is 177 Å². The second kappa shape index (κ2) is 8.34. The van der Waals surface area contributed by atoms with E-state index in [1.165, 1.54) is 23.9 Å². The lowest BCUT2D eigenvalue weighted by atomic mass is 10.1. The number of ether oxygens (including phenoxy) is 2. The molecule has 1 N–H and O–H groups in total. The number of pyridine rings is 1. The number of methoxy groups -OCH3 is 1. The van der Waals surface area contributed by atoms with Crippen molar-refractivity contribution in [3.63, 3.8) is 0 Å². The Hall–Kier alpha value is -3.72. The topological polar surface area (TPSA) is 100 Å². The predicted octanol–water partition coefficient (Wildman–Crippen LogP) is 3.32. The fourth-order valence-electron chi connectivity index (χ4n) is 2.81. The summed E-state index contributed by atoms with van der Waals surface area (Å²) in [6.45, 7) is 3.97. The van der Waals surface area contributed by atoms with Crippen LogP contribution in [0.5, 0.6) is 11.5 Å². The highest BCUT2D eigenvalue weighted by Gasteiger charge is 2.36. The fraction of sp³-hybridized carbons (Fsp3) is 0.0952. The number of aliphatic imine (C=N–C) groups is 1. The first-order chi connectivity index (χ1) is 14.6. The second-order valence-corrected chi connectivity index (χ2v) is 7.13. The van der Waals surface area contributed by atoms with Crippen LogP contribution < -0.4 is 9.47 Å². The third-order valence-electron chi connectivity index (χ3n) is 4.22. The van der Waals surface area contributed by atoms with Gasteiger partial charge in [-0.25, -0.2) is 0 Å². The first-order valence-electron chi connectivity index (χ1n) is 8.93. The highest BCUT2D eigenvalue weighted by atomic mass is 32.2. The number of nitrogens with one attached hydrogen (secondary N) is 1. The van der Waals surface area contributed by atoms with Crippen LogP contribution in [0.15, 0.2) is 71.0 Å². The minimum atomic E-state index is -0.493. The summed E-state index contributed by atoms with van der Waals surface area (Å²) in [6, 6.07) is 8.91. The standard InChI is InChI=1S/C21H17N5O3S/c1-3-9-29-16-7-6-13(11-17(16)28-2)10-15-18(22)26-21(24-19(15)27)30-20(25-26)14-5-4-8-23-12-14/h3-8,10-12,22H,1,9H2,2H3/b15-10-,22-18?. The van der Waals surface area contributed by atoms with Gasteiger partial charge < -0.3 is 9.47 Å². The number of hydrogen-bond acceptors (Lipinski definition) is 7. The van der Waals surface area contributed by atoms with E-state index in [1.54, 1.807) is 48.8 Å². The van der Waals surface area contributed by atoms with Crippen LogP contribution in [0.2, 0.25) is 0 Å². The Balaban J connectivity index is 1.64. The molecule has 1 aromatic heterocycles. The summed E-state index contributed by atoms with van der Waals surface area (Å²) < 4.78 is 10.9. The number of fused-ring (bicyclic) bond motifs is 1. The zero-order chi connectivity index (χ0) is 21.1. The van der Waals surface area contributed by atoms with Gasteiger partial charge in [-0.1, -0.05) is 18.7 Å². The van der Waals surface area contributed by atoms with Crippen molar-refractivity contribution in [2.24, 2.45) is 10.1 Å². The summed E-state index contributed by atoms with van der Waals surface area (Å²) in [5, 5.41) is 15.3. The van der Waals surface area contributed by atoms with E-state index in [4.69, 9.17) is 14.9 Å². The Bertz CT molecular complexity index is 1120. The molecule has 0 radical (unpaired) electrons. The van der Waals surface area contributed by atoms with Gasteiger partial charge in [0, 0.05) is 18.0 Å². The molecule has 0 aliphatic carbocycles. The lowest BCUT2D eigenvalue weighted by Crippen LogP contribution is -2.35. The van der Waals surface area contributed by atoms with E-state index in [2.05, 4.69) is 21.7 Å². The van der Waals surface area contributed by atoms with E-state index in [1.807, 2.05) is 6.07 Å². The van der Waals surface area contributed by atoms with Crippen molar-refractivity contribution in [3.05, 3.63) is 72.1 Å². The molecular weight excluding hydrogens is 402 g/mol. The molecule has 30 heavy (non-hydrogen) atoms. The van der Waals surface area contributed by atoms with Gasteiger partial charge in [0.15, 0.2) is 17.3 Å². The Morgan fingerprint density at radius 1 is 1.30 bits per heavy atom. The zero-order valence-corrected chi connectivity index (χ0v) is 16.8. The molecule has 0 fully saturated rings. The molecule has 2 aliphatic rings. The third-order valence-corrected chi connectivity index (χ3v) is 5.18. The summed E-state index contributed by atoms with van der Waals surface area (Å²) in [5.74, 6) is 0.542. The monoisotopic (exact) mass is 419 g/mol. The van der Waals surface area contributed by atoms with Gasteiger partial charge in [0.25, 0.3) is 5.91 Å². The molecule has 0 spiro atoms. The molecule has 0 saturated carbocycles. The van der Waals surface area contributed by atoms with E-state index in [-0.39, 0.29) is 11.4 Å². The van der Waals surface area contributed by atoms with Crippen molar-refractivity contribution in [2.75, 3.05) is 13.7 Å². The fourth-order valence-corrected chi connectivity index (χ4v) is 3.69. The van der Waals surface area contributed by atoms with Gasteiger partial charge in [-0.2, -0.15) is 15.1 Å². The van der Waals surface area contributed by atoms with Gasteiger partial charge >= 0.3 is 0 Å². The molecule has 8 nitrogen and oxygen atoms in total. The molecule has 1 aromatic carbocycles. The molecule has 0 unspecified atom stereocenters. The number of hydrogen-bond donors (Lipinski definition) is 1. The quantitative estimate of drug-likeness (QED) is 0.569. The summed E-state index contributed by atoms with van der Waals surface area (Å²) in [4.78, 5) is 20.8. The number of amides is 1. The second-order valence-electron chi connectivity index (χ2n) is 6.18. The highest BCUT2D eigenvalue weighted by molar-refractivity contribution is 8.27. The van der Waals surface area contributed by atoms with Crippen LogP contribution in [-0.4, -0.2) is 45.7 Å². The number of benzene rings is 1. The first-order valence-corrected chi connectivity index (χ1v) is 9.74. The number of carbonyl (C=O) groups is 1. The average Bonchev–Trinajstić information content (AvgIpc) is 3.20. The smallest absolute Gasteiger partial charge is 0.283 e. The minimum absolute atomic E-state index is 0.0395. The molecule has 0 saturated heterocycles. The number of rotatable bonds is 6. The van der Waals surface area contributed by atoms with E-state index in [9.17, 15) is 4.79 Å². The molecule has 150 valence electrons. The van der Waals surface area contributed by atoms with Crippen molar-refractivity contribution in [2.45, 2.75) is 0 Å². The average molecular weight is 419 g/mol. The van der Waals surface area contributed by atoms with Gasteiger partial charge in [0.2, 0.25) is 5.17 Å². The molecule has 1 amide bonds. The zero-order valence-electron chi connectivity index (χ0n) is 16.0. The summed E-state index contributed by atoms with van der Waals surface area (Å²) >= 11 is 1.23. The van der Waals surface area contributed by atoms with Crippen molar-refractivity contribution in [1.29, 1.82) is 5.41 Å². The van der Waals surface area contributed by atoms with Crippen LogP contribution >= 0.6 is 11.8 Å². The normalized spacial score (nSPS) is 16.8. The molecule has 4 rings (SSSR count). The van der Waals surface area contributed by atoms with Crippen LogP contribution in [0.1, 0.15) is 11.1 Å². The van der Waals surface area contributed by atoms with Crippen molar-refractivity contribution >= 4 is 39.8 Å². The lowest BCUT2D eigenvalue weighted by molar-refractivity contribution is -0.114. The SMILES string of the molecule is C=CCOc1ccc(/C=C2/C(=N)N3N=C(c4cccnc4)SC3=NC2=O)cc1OC. The third kappa shape index (κ3) is 3.74. The predicted molar refractivity (Wildman–Crippen MR) is 117 cm³/mol. The number of carbonyl (C=O) groups excluding carboxylic acids is 1. The Morgan fingerprint density at radius 3 is 2.90 bits per heavy atom. The molecule has 0 bridgehead atoms. The molecule has 2 aliphatic heterocycles. The van der Waals surface area contributed by atoms with Crippen molar-refractivity contribution in [3.8, 4) is 11.5 Å². The lowest BCUT2D eigenvalue weighted by Gasteiger charge is -2.20. The first kappa shape index (κ1) is 19.6. The summed E-state index contributed by atoms with van der Waals surface area (Å²) in [5.41, 5.74) is 1.61. The highest BCUT2D eigenvalue weighted by Crippen LogP contribution is 2.32. The largest absolute Gasteiger partial charge is 0.493 e. The maximum absolute atomic E-state index is 12.6. The van der Waals surface area contributed by atoms with Gasteiger partial charge in [-0.05, 0) is 47.7 Å². The van der Waals surface area contributed by atoms with Crippen molar-refractivity contribution in [1.82, 2.24) is 9.99 Å². The maximum atomic E-state index is 12.6. The van der Waals surface area contributed by atoms with Gasteiger partial charge in [0.05, 0.1) is 12.7 Å². The molecule has 3 heterocycles. The van der Waals surface area contributed by atoms with Crippen molar-refractivity contribution < 1.29 is 14.3 Å². The van der Waals surface area contributed by atoms with Crippen LogP contribution in [0.3, 0.4) is 0 Å². The number of nitrogens with zero attached hydrogens (tertiary/aromatic N) is 4. The van der Waals surface area contributed by atoms with E-state index >= 15 is 0 Å². The van der Waals surface area contributed by atoms with Crippen LogP contribution in [-0.2, 0) is 4.79 Å². The van der Waals surface area contributed by atoms with Gasteiger partial charge in [-0.3, -0.25) is 15.2 Å².